The van der Waals surface area contributed by atoms with E-state index in [0.717, 1.165) is 12.1 Å². The number of halogens is 3. The zero-order chi connectivity index (χ0) is 21.4. The summed E-state index contributed by atoms with van der Waals surface area (Å²) in [6.07, 6.45) is -4.40. The molecule has 0 aliphatic heterocycles. The van der Waals surface area contributed by atoms with Crippen LogP contribution >= 0.6 is 0 Å². The summed E-state index contributed by atoms with van der Waals surface area (Å²) in [6, 6.07) is 11.5. The standard InChI is InChI=1S/C22H21F3N2O2/c1-21(2,3)27-20(28)14-7-10-16-18(11-14)26-17(12-19(16)29-4)13-5-8-15(9-6-13)22(23,24)25/h5-12H,1-4H3,(H,27,28). The van der Waals surface area contributed by atoms with E-state index >= 15 is 0 Å². The maximum Gasteiger partial charge on any atom is 0.416 e. The molecule has 0 atom stereocenters. The lowest BCUT2D eigenvalue weighted by Crippen LogP contribution is -2.40. The summed E-state index contributed by atoms with van der Waals surface area (Å²) in [7, 11) is 1.51. The van der Waals surface area contributed by atoms with Gasteiger partial charge in [-0.2, -0.15) is 13.2 Å². The van der Waals surface area contributed by atoms with E-state index < -0.39 is 11.7 Å². The smallest absolute Gasteiger partial charge is 0.416 e. The summed E-state index contributed by atoms with van der Waals surface area (Å²) in [6.45, 7) is 5.65. The van der Waals surface area contributed by atoms with Gasteiger partial charge in [0, 0.05) is 28.1 Å². The summed E-state index contributed by atoms with van der Waals surface area (Å²) in [5.41, 5.74) is 0.806. The summed E-state index contributed by atoms with van der Waals surface area (Å²) in [5.74, 6) is 0.285. The molecule has 0 bridgehead atoms. The molecule has 0 aliphatic rings. The van der Waals surface area contributed by atoms with E-state index in [0.29, 0.717) is 33.5 Å². The van der Waals surface area contributed by atoms with Crippen molar-refractivity contribution in [2.24, 2.45) is 0 Å². The Hall–Kier alpha value is -3.09. The molecule has 0 unspecified atom stereocenters. The monoisotopic (exact) mass is 402 g/mol. The average molecular weight is 402 g/mol. The highest BCUT2D eigenvalue weighted by Gasteiger charge is 2.30. The number of hydrogen-bond acceptors (Lipinski definition) is 3. The highest BCUT2D eigenvalue weighted by atomic mass is 19.4. The molecule has 3 aromatic rings. The third-order valence-corrected chi connectivity index (χ3v) is 4.25. The minimum absolute atomic E-state index is 0.236. The highest BCUT2D eigenvalue weighted by molar-refractivity contribution is 5.99. The molecular formula is C22H21F3N2O2. The maximum absolute atomic E-state index is 12.8. The maximum atomic E-state index is 12.8. The molecule has 1 N–H and O–H groups in total. The van der Waals surface area contributed by atoms with Gasteiger partial charge in [-0.3, -0.25) is 4.79 Å². The minimum atomic E-state index is -4.40. The largest absolute Gasteiger partial charge is 0.496 e. The first-order valence-corrected chi connectivity index (χ1v) is 8.97. The van der Waals surface area contributed by atoms with E-state index in [1.54, 1.807) is 24.3 Å². The number of carbonyl (C=O) groups excluding carboxylic acids is 1. The molecule has 0 saturated carbocycles. The Labute approximate surface area is 166 Å². The molecule has 3 rings (SSSR count). The van der Waals surface area contributed by atoms with Crippen LogP contribution in [0.1, 0.15) is 36.7 Å². The molecule has 0 fully saturated rings. The SMILES string of the molecule is COc1cc(-c2ccc(C(F)(F)F)cc2)nc2cc(C(=O)NC(C)(C)C)ccc12. The number of nitrogens with zero attached hydrogens (tertiary/aromatic N) is 1. The van der Waals surface area contributed by atoms with Crippen molar-refractivity contribution in [2.45, 2.75) is 32.5 Å². The van der Waals surface area contributed by atoms with Crippen molar-refractivity contribution in [3.8, 4) is 17.0 Å². The molecule has 2 aromatic carbocycles. The van der Waals surface area contributed by atoms with Gasteiger partial charge in [0.1, 0.15) is 5.75 Å². The Bertz CT molecular complexity index is 1050. The van der Waals surface area contributed by atoms with Gasteiger partial charge < -0.3 is 10.1 Å². The highest BCUT2D eigenvalue weighted by Crippen LogP contribution is 2.33. The Morgan fingerprint density at radius 1 is 1.00 bits per heavy atom. The second-order valence-electron chi connectivity index (χ2n) is 7.72. The van der Waals surface area contributed by atoms with Gasteiger partial charge in [-0.25, -0.2) is 4.98 Å². The number of methoxy groups -OCH3 is 1. The first-order chi connectivity index (χ1) is 13.5. The fourth-order valence-corrected chi connectivity index (χ4v) is 2.90. The molecule has 1 amide bonds. The molecule has 29 heavy (non-hydrogen) atoms. The lowest BCUT2D eigenvalue weighted by Gasteiger charge is -2.20. The normalized spacial score (nSPS) is 12.1. The molecule has 4 nitrogen and oxygen atoms in total. The Morgan fingerprint density at radius 3 is 2.21 bits per heavy atom. The van der Waals surface area contributed by atoms with Crippen LogP contribution in [0.2, 0.25) is 0 Å². The quantitative estimate of drug-likeness (QED) is 0.633. The first kappa shape index (κ1) is 20.6. The van der Waals surface area contributed by atoms with E-state index in [1.165, 1.54) is 19.2 Å². The number of amides is 1. The lowest BCUT2D eigenvalue weighted by molar-refractivity contribution is -0.137. The Kier molecular flexibility index (Phi) is 5.26. The molecule has 1 heterocycles. The minimum Gasteiger partial charge on any atom is -0.496 e. The molecule has 152 valence electrons. The van der Waals surface area contributed by atoms with Gasteiger partial charge in [-0.05, 0) is 51.1 Å². The van der Waals surface area contributed by atoms with Crippen molar-refractivity contribution in [2.75, 3.05) is 7.11 Å². The van der Waals surface area contributed by atoms with Crippen LogP contribution in [-0.2, 0) is 6.18 Å². The second-order valence-corrected chi connectivity index (χ2v) is 7.72. The van der Waals surface area contributed by atoms with Crippen LogP contribution in [0.3, 0.4) is 0 Å². The first-order valence-electron chi connectivity index (χ1n) is 8.97. The van der Waals surface area contributed by atoms with Crippen molar-refractivity contribution in [3.05, 3.63) is 59.7 Å². The van der Waals surface area contributed by atoms with Gasteiger partial charge in [-0.1, -0.05) is 12.1 Å². The van der Waals surface area contributed by atoms with Gasteiger partial charge in [-0.15, -0.1) is 0 Å². The fraction of sp³-hybridized carbons (Fsp3) is 0.273. The van der Waals surface area contributed by atoms with E-state index in [9.17, 15) is 18.0 Å². The molecule has 1 aromatic heterocycles. The van der Waals surface area contributed by atoms with Gasteiger partial charge in [0.2, 0.25) is 0 Å². The number of ether oxygens (including phenoxy) is 1. The zero-order valence-electron chi connectivity index (χ0n) is 16.5. The van der Waals surface area contributed by atoms with Crippen molar-refractivity contribution >= 4 is 16.8 Å². The molecular weight excluding hydrogens is 381 g/mol. The number of benzene rings is 2. The van der Waals surface area contributed by atoms with Crippen LogP contribution in [0, 0.1) is 0 Å². The van der Waals surface area contributed by atoms with Crippen molar-refractivity contribution in [1.82, 2.24) is 10.3 Å². The fourth-order valence-electron chi connectivity index (χ4n) is 2.90. The molecule has 0 radical (unpaired) electrons. The van der Waals surface area contributed by atoms with Crippen LogP contribution in [0.15, 0.2) is 48.5 Å². The number of hydrogen-bond donors (Lipinski definition) is 1. The van der Waals surface area contributed by atoms with Gasteiger partial charge in [0.25, 0.3) is 5.91 Å². The van der Waals surface area contributed by atoms with Crippen molar-refractivity contribution in [1.29, 1.82) is 0 Å². The lowest BCUT2D eigenvalue weighted by atomic mass is 10.0. The number of carbonyl (C=O) groups is 1. The second kappa shape index (κ2) is 7.39. The summed E-state index contributed by atoms with van der Waals surface area (Å²) >= 11 is 0. The van der Waals surface area contributed by atoms with E-state index in [2.05, 4.69) is 10.3 Å². The van der Waals surface area contributed by atoms with Gasteiger partial charge in [0.15, 0.2) is 0 Å². The van der Waals surface area contributed by atoms with E-state index in [1.807, 2.05) is 20.8 Å². The molecule has 0 spiro atoms. The van der Waals surface area contributed by atoms with Crippen LogP contribution in [0.5, 0.6) is 5.75 Å². The Balaban J connectivity index is 2.06. The van der Waals surface area contributed by atoms with Gasteiger partial charge >= 0.3 is 6.18 Å². The molecule has 7 heteroatoms. The molecule has 0 saturated heterocycles. The van der Waals surface area contributed by atoms with Crippen LogP contribution in [0.25, 0.3) is 22.2 Å². The zero-order valence-corrected chi connectivity index (χ0v) is 16.5. The third kappa shape index (κ3) is 4.67. The summed E-state index contributed by atoms with van der Waals surface area (Å²) < 4.78 is 43.9. The third-order valence-electron chi connectivity index (χ3n) is 4.25. The van der Waals surface area contributed by atoms with E-state index in [-0.39, 0.29) is 11.4 Å². The summed E-state index contributed by atoms with van der Waals surface area (Å²) in [4.78, 5) is 17.0. The number of nitrogens with one attached hydrogen (secondary N) is 1. The van der Waals surface area contributed by atoms with Crippen molar-refractivity contribution in [3.63, 3.8) is 0 Å². The average Bonchev–Trinajstić information content (AvgIpc) is 2.64. The van der Waals surface area contributed by atoms with Crippen LogP contribution in [-0.4, -0.2) is 23.5 Å². The van der Waals surface area contributed by atoms with Crippen molar-refractivity contribution < 1.29 is 22.7 Å². The van der Waals surface area contributed by atoms with E-state index in [4.69, 9.17) is 4.74 Å². The van der Waals surface area contributed by atoms with Gasteiger partial charge in [0.05, 0.1) is 23.9 Å². The predicted molar refractivity (Wildman–Crippen MR) is 106 cm³/mol. The number of pyridine rings is 1. The number of rotatable bonds is 3. The van der Waals surface area contributed by atoms with Crippen LogP contribution < -0.4 is 10.1 Å². The summed E-state index contributed by atoms with van der Waals surface area (Å²) in [5, 5.41) is 3.59. The predicted octanol–water partition coefficient (Wildman–Crippen LogP) is 5.46. The number of alkyl halides is 3. The number of fused-ring (bicyclic) bond motifs is 1. The number of aromatic nitrogens is 1. The Morgan fingerprint density at radius 2 is 1.66 bits per heavy atom. The molecule has 0 aliphatic carbocycles. The van der Waals surface area contributed by atoms with Crippen LogP contribution in [0.4, 0.5) is 13.2 Å². The topological polar surface area (TPSA) is 51.2 Å².